The van der Waals surface area contributed by atoms with Crippen LogP contribution in [0.1, 0.15) is 36.4 Å². The maximum absolute atomic E-state index is 10.6. The second-order valence-corrected chi connectivity index (χ2v) is 4.53. The molecule has 1 fully saturated rings. The SMILES string of the molecule is COC1(c2cccc(C(N)CC(=O)O)c2)CC1. The fourth-order valence-electron chi connectivity index (χ4n) is 2.08. The Balaban J connectivity index is 2.20. The zero-order valence-electron chi connectivity index (χ0n) is 9.85. The van der Waals surface area contributed by atoms with Crippen LogP contribution in [0.3, 0.4) is 0 Å². The Bertz CT molecular complexity index is 426. The van der Waals surface area contributed by atoms with Gasteiger partial charge in [0.15, 0.2) is 0 Å². The minimum absolute atomic E-state index is 0.0521. The van der Waals surface area contributed by atoms with Crippen LogP contribution in [0.2, 0.25) is 0 Å². The van der Waals surface area contributed by atoms with Gasteiger partial charge in [-0.05, 0) is 24.0 Å². The first kappa shape index (κ1) is 12.1. The van der Waals surface area contributed by atoms with Crippen LogP contribution in [0.4, 0.5) is 0 Å². The third-order valence-corrected chi connectivity index (χ3v) is 3.33. The van der Waals surface area contributed by atoms with Crippen molar-refractivity contribution in [1.82, 2.24) is 0 Å². The molecule has 0 heterocycles. The predicted molar refractivity (Wildman–Crippen MR) is 63.5 cm³/mol. The molecule has 1 aliphatic rings. The van der Waals surface area contributed by atoms with Gasteiger partial charge in [0.2, 0.25) is 0 Å². The number of aliphatic carboxylic acids is 1. The lowest BCUT2D eigenvalue weighted by atomic mass is 9.99. The Morgan fingerprint density at radius 2 is 2.29 bits per heavy atom. The number of carbonyl (C=O) groups is 1. The summed E-state index contributed by atoms with van der Waals surface area (Å²) in [5.74, 6) is -0.879. The van der Waals surface area contributed by atoms with Gasteiger partial charge in [-0.25, -0.2) is 0 Å². The van der Waals surface area contributed by atoms with Crippen molar-refractivity contribution < 1.29 is 14.6 Å². The van der Waals surface area contributed by atoms with Crippen LogP contribution in [-0.2, 0) is 15.1 Å². The molecule has 0 aromatic heterocycles. The van der Waals surface area contributed by atoms with Crippen molar-refractivity contribution in [3.05, 3.63) is 35.4 Å². The van der Waals surface area contributed by atoms with Gasteiger partial charge in [0.05, 0.1) is 12.0 Å². The van der Waals surface area contributed by atoms with Crippen molar-refractivity contribution in [1.29, 1.82) is 0 Å². The Morgan fingerprint density at radius 1 is 1.59 bits per heavy atom. The molecule has 2 rings (SSSR count). The van der Waals surface area contributed by atoms with Crippen molar-refractivity contribution in [2.75, 3.05) is 7.11 Å². The van der Waals surface area contributed by atoms with E-state index in [0.717, 1.165) is 24.0 Å². The summed E-state index contributed by atoms with van der Waals surface area (Å²) in [5.41, 5.74) is 7.65. The fourth-order valence-corrected chi connectivity index (χ4v) is 2.08. The van der Waals surface area contributed by atoms with Gasteiger partial charge in [-0.15, -0.1) is 0 Å². The lowest BCUT2D eigenvalue weighted by Crippen LogP contribution is -2.16. The first-order valence-corrected chi connectivity index (χ1v) is 5.70. The third-order valence-electron chi connectivity index (χ3n) is 3.33. The summed E-state index contributed by atoms with van der Waals surface area (Å²) < 4.78 is 5.49. The minimum Gasteiger partial charge on any atom is -0.481 e. The van der Waals surface area contributed by atoms with E-state index in [1.165, 1.54) is 0 Å². The molecule has 3 N–H and O–H groups in total. The second kappa shape index (κ2) is 4.47. The van der Waals surface area contributed by atoms with Gasteiger partial charge in [-0.3, -0.25) is 4.79 Å². The average Bonchev–Trinajstić information content (AvgIpc) is 3.09. The van der Waals surface area contributed by atoms with Crippen molar-refractivity contribution in [3.8, 4) is 0 Å². The molecule has 1 saturated carbocycles. The first-order chi connectivity index (χ1) is 8.07. The van der Waals surface area contributed by atoms with Crippen LogP contribution in [0.15, 0.2) is 24.3 Å². The van der Waals surface area contributed by atoms with Crippen LogP contribution in [-0.4, -0.2) is 18.2 Å². The summed E-state index contributed by atoms with van der Waals surface area (Å²) >= 11 is 0. The topological polar surface area (TPSA) is 72.5 Å². The summed E-state index contributed by atoms with van der Waals surface area (Å²) in [6.07, 6.45) is 1.98. The molecule has 1 aromatic carbocycles. The average molecular weight is 235 g/mol. The van der Waals surface area contributed by atoms with E-state index in [4.69, 9.17) is 15.6 Å². The van der Waals surface area contributed by atoms with E-state index in [2.05, 4.69) is 0 Å². The highest BCUT2D eigenvalue weighted by molar-refractivity contribution is 5.67. The molecule has 4 nitrogen and oxygen atoms in total. The number of carboxylic acids is 1. The van der Waals surface area contributed by atoms with Gasteiger partial charge in [0, 0.05) is 13.2 Å². The van der Waals surface area contributed by atoms with E-state index in [0.29, 0.717) is 0 Å². The number of benzene rings is 1. The normalized spacial score (nSPS) is 18.7. The predicted octanol–water partition coefficient (Wildman–Crippen LogP) is 1.80. The maximum atomic E-state index is 10.6. The Kier molecular flexibility index (Phi) is 3.17. The first-order valence-electron chi connectivity index (χ1n) is 5.70. The van der Waals surface area contributed by atoms with E-state index in [-0.39, 0.29) is 12.0 Å². The zero-order chi connectivity index (χ0) is 12.5. The largest absolute Gasteiger partial charge is 0.481 e. The lowest BCUT2D eigenvalue weighted by molar-refractivity contribution is -0.137. The van der Waals surface area contributed by atoms with Crippen LogP contribution in [0, 0.1) is 0 Å². The summed E-state index contributed by atoms with van der Waals surface area (Å²) in [6.45, 7) is 0. The maximum Gasteiger partial charge on any atom is 0.305 e. The zero-order valence-corrected chi connectivity index (χ0v) is 9.85. The number of carboxylic acid groups (broad SMARTS) is 1. The van der Waals surface area contributed by atoms with Gasteiger partial charge in [0.1, 0.15) is 0 Å². The molecule has 0 aliphatic heterocycles. The van der Waals surface area contributed by atoms with E-state index >= 15 is 0 Å². The third kappa shape index (κ3) is 2.48. The summed E-state index contributed by atoms with van der Waals surface area (Å²) in [7, 11) is 1.71. The molecule has 0 bridgehead atoms. The summed E-state index contributed by atoms with van der Waals surface area (Å²) in [6, 6.07) is 7.28. The van der Waals surface area contributed by atoms with E-state index in [9.17, 15) is 4.79 Å². The quantitative estimate of drug-likeness (QED) is 0.816. The molecule has 0 radical (unpaired) electrons. The van der Waals surface area contributed by atoms with E-state index in [1.807, 2.05) is 24.3 Å². The number of methoxy groups -OCH3 is 1. The van der Waals surface area contributed by atoms with Crippen molar-refractivity contribution in [2.24, 2.45) is 5.73 Å². The van der Waals surface area contributed by atoms with Crippen LogP contribution < -0.4 is 5.73 Å². The van der Waals surface area contributed by atoms with Gasteiger partial charge >= 0.3 is 5.97 Å². The smallest absolute Gasteiger partial charge is 0.305 e. The Morgan fingerprint density at radius 3 is 2.82 bits per heavy atom. The number of ether oxygens (including phenoxy) is 1. The Hall–Kier alpha value is -1.39. The summed E-state index contributed by atoms with van der Waals surface area (Å²) in [4.78, 5) is 10.6. The molecule has 17 heavy (non-hydrogen) atoms. The van der Waals surface area contributed by atoms with E-state index < -0.39 is 12.0 Å². The molecule has 1 atom stereocenters. The Labute approximate surface area is 100 Å². The van der Waals surface area contributed by atoms with E-state index in [1.54, 1.807) is 7.11 Å². The molecule has 0 spiro atoms. The fraction of sp³-hybridized carbons (Fsp3) is 0.462. The number of rotatable bonds is 5. The van der Waals surface area contributed by atoms with Crippen LogP contribution in [0.25, 0.3) is 0 Å². The molecular formula is C13H17NO3. The second-order valence-electron chi connectivity index (χ2n) is 4.53. The minimum atomic E-state index is -0.879. The van der Waals surface area contributed by atoms with Crippen LogP contribution >= 0.6 is 0 Å². The molecule has 4 heteroatoms. The molecule has 0 saturated heterocycles. The summed E-state index contributed by atoms with van der Waals surface area (Å²) in [5, 5.41) is 8.73. The molecule has 1 aromatic rings. The monoisotopic (exact) mass is 235 g/mol. The number of nitrogens with two attached hydrogens (primary N) is 1. The highest BCUT2D eigenvalue weighted by Crippen LogP contribution is 2.48. The number of hydrogen-bond acceptors (Lipinski definition) is 3. The molecule has 0 amide bonds. The van der Waals surface area contributed by atoms with Gasteiger partial charge in [-0.1, -0.05) is 24.3 Å². The van der Waals surface area contributed by atoms with Gasteiger partial charge < -0.3 is 15.6 Å². The molecular weight excluding hydrogens is 218 g/mol. The van der Waals surface area contributed by atoms with Crippen molar-refractivity contribution >= 4 is 5.97 Å². The van der Waals surface area contributed by atoms with Gasteiger partial charge in [0.25, 0.3) is 0 Å². The molecule has 1 aliphatic carbocycles. The highest BCUT2D eigenvalue weighted by Gasteiger charge is 2.44. The molecule has 92 valence electrons. The number of hydrogen-bond donors (Lipinski definition) is 2. The van der Waals surface area contributed by atoms with Crippen molar-refractivity contribution in [3.63, 3.8) is 0 Å². The van der Waals surface area contributed by atoms with Crippen molar-refractivity contribution in [2.45, 2.75) is 30.9 Å². The van der Waals surface area contributed by atoms with Gasteiger partial charge in [-0.2, -0.15) is 0 Å². The standard InChI is InChI=1S/C13H17NO3/c1-17-13(5-6-13)10-4-2-3-9(7-10)11(14)8-12(15)16/h2-4,7,11H,5-6,8,14H2,1H3,(H,15,16). The highest BCUT2D eigenvalue weighted by atomic mass is 16.5. The van der Waals surface area contributed by atoms with Crippen LogP contribution in [0.5, 0.6) is 0 Å². The molecule has 1 unspecified atom stereocenters. The lowest BCUT2D eigenvalue weighted by Gasteiger charge is -2.16.